The van der Waals surface area contributed by atoms with E-state index in [4.69, 9.17) is 16.0 Å². The van der Waals surface area contributed by atoms with Crippen LogP contribution in [0.1, 0.15) is 18.2 Å². The average molecular weight is 222 g/mol. The molecule has 0 aliphatic carbocycles. The fraction of sp³-hybridized carbons (Fsp3) is 0.250. The van der Waals surface area contributed by atoms with Gasteiger partial charge in [-0.15, -0.1) is 11.6 Å². The van der Waals surface area contributed by atoms with Gasteiger partial charge in [0.15, 0.2) is 0 Å². The number of benzene rings is 1. The van der Waals surface area contributed by atoms with Crippen LogP contribution in [0.2, 0.25) is 0 Å². The van der Waals surface area contributed by atoms with Crippen molar-refractivity contribution in [3.63, 3.8) is 0 Å². The Morgan fingerprint density at radius 2 is 2.13 bits per heavy atom. The summed E-state index contributed by atoms with van der Waals surface area (Å²) in [6.45, 7) is 2.12. The summed E-state index contributed by atoms with van der Waals surface area (Å²) in [5, 5.41) is 0. The van der Waals surface area contributed by atoms with Crippen molar-refractivity contribution >= 4 is 11.6 Å². The van der Waals surface area contributed by atoms with E-state index in [0.717, 1.165) is 12.0 Å². The Labute approximate surface area is 93.9 Å². The van der Waals surface area contributed by atoms with Crippen molar-refractivity contribution in [2.45, 2.75) is 19.2 Å². The van der Waals surface area contributed by atoms with Crippen LogP contribution in [0.4, 0.5) is 0 Å². The van der Waals surface area contributed by atoms with E-state index in [-0.39, 0.29) is 0 Å². The molecule has 3 heteroatoms. The van der Waals surface area contributed by atoms with Gasteiger partial charge in [-0.3, -0.25) is 0 Å². The molecular formula is C12H12ClNO. The number of oxazole rings is 1. The van der Waals surface area contributed by atoms with Crippen LogP contribution in [-0.2, 0) is 12.3 Å². The van der Waals surface area contributed by atoms with Crippen molar-refractivity contribution in [2.24, 2.45) is 0 Å². The summed E-state index contributed by atoms with van der Waals surface area (Å²) in [6.07, 6.45) is 2.64. The summed E-state index contributed by atoms with van der Waals surface area (Å²) >= 11 is 5.67. The largest absolute Gasteiger partial charge is 0.440 e. The third-order valence-corrected chi connectivity index (χ3v) is 2.58. The van der Waals surface area contributed by atoms with Gasteiger partial charge in [-0.1, -0.05) is 25.1 Å². The fourth-order valence-electron chi connectivity index (χ4n) is 1.53. The van der Waals surface area contributed by atoms with E-state index >= 15 is 0 Å². The van der Waals surface area contributed by atoms with Gasteiger partial charge in [0.25, 0.3) is 0 Å². The highest BCUT2D eigenvalue weighted by molar-refractivity contribution is 6.16. The van der Waals surface area contributed by atoms with Crippen molar-refractivity contribution in [1.82, 2.24) is 4.98 Å². The first-order valence-corrected chi connectivity index (χ1v) is 5.47. The maximum Gasteiger partial charge on any atom is 0.226 e. The Kier molecular flexibility index (Phi) is 3.07. The third kappa shape index (κ3) is 2.05. The lowest BCUT2D eigenvalue weighted by molar-refractivity contribution is 0.537. The van der Waals surface area contributed by atoms with E-state index in [9.17, 15) is 0 Å². The predicted octanol–water partition coefficient (Wildman–Crippen LogP) is 3.64. The smallest absolute Gasteiger partial charge is 0.226 e. The van der Waals surface area contributed by atoms with Crippen LogP contribution in [-0.4, -0.2) is 4.98 Å². The van der Waals surface area contributed by atoms with Gasteiger partial charge in [-0.25, -0.2) is 4.98 Å². The molecule has 2 rings (SSSR count). The zero-order valence-corrected chi connectivity index (χ0v) is 9.29. The number of nitrogens with zero attached hydrogens (tertiary/aromatic N) is 1. The molecule has 0 radical (unpaired) electrons. The summed E-state index contributed by atoms with van der Waals surface area (Å²) in [5.74, 6) is 1.72. The molecule has 15 heavy (non-hydrogen) atoms. The van der Waals surface area contributed by atoms with Crippen molar-refractivity contribution in [2.75, 3.05) is 0 Å². The highest BCUT2D eigenvalue weighted by Crippen LogP contribution is 2.24. The molecular weight excluding hydrogens is 210 g/mol. The normalized spacial score (nSPS) is 10.5. The zero-order valence-electron chi connectivity index (χ0n) is 8.53. The number of hydrogen-bond donors (Lipinski definition) is 0. The Morgan fingerprint density at radius 3 is 2.80 bits per heavy atom. The molecule has 0 atom stereocenters. The number of hydrogen-bond acceptors (Lipinski definition) is 2. The molecule has 0 amide bonds. The van der Waals surface area contributed by atoms with Gasteiger partial charge in [-0.05, 0) is 18.1 Å². The molecule has 0 aliphatic heterocycles. The molecule has 1 heterocycles. The summed E-state index contributed by atoms with van der Waals surface area (Å²) in [7, 11) is 0. The second-order valence-corrected chi connectivity index (χ2v) is 3.54. The molecule has 0 spiro atoms. The lowest BCUT2D eigenvalue weighted by Crippen LogP contribution is -1.86. The van der Waals surface area contributed by atoms with E-state index in [0.29, 0.717) is 17.5 Å². The molecule has 78 valence electrons. The molecule has 0 fully saturated rings. The molecule has 0 bridgehead atoms. The third-order valence-electron chi connectivity index (χ3n) is 2.31. The van der Waals surface area contributed by atoms with Crippen molar-refractivity contribution in [3.05, 3.63) is 41.8 Å². The van der Waals surface area contributed by atoms with Crippen LogP contribution in [0.5, 0.6) is 0 Å². The number of alkyl halides is 1. The number of halogens is 1. The van der Waals surface area contributed by atoms with E-state index in [1.807, 2.05) is 18.2 Å². The van der Waals surface area contributed by atoms with E-state index in [1.165, 1.54) is 5.56 Å². The van der Waals surface area contributed by atoms with E-state index < -0.39 is 0 Å². The fourth-order valence-corrected chi connectivity index (χ4v) is 1.65. The lowest BCUT2D eigenvalue weighted by atomic mass is 10.1. The molecule has 0 saturated heterocycles. The standard InChI is InChI=1S/C12H12ClNO/c1-2-9-5-3-4-6-11(9)12-14-8-10(7-13)15-12/h3-6,8H,2,7H2,1H3. The van der Waals surface area contributed by atoms with Crippen LogP contribution in [0.25, 0.3) is 11.5 Å². The van der Waals surface area contributed by atoms with E-state index in [1.54, 1.807) is 6.20 Å². The predicted molar refractivity (Wildman–Crippen MR) is 60.9 cm³/mol. The van der Waals surface area contributed by atoms with Gasteiger partial charge >= 0.3 is 0 Å². The van der Waals surface area contributed by atoms with E-state index in [2.05, 4.69) is 18.0 Å². The minimum Gasteiger partial charge on any atom is -0.440 e. The second kappa shape index (κ2) is 4.49. The Morgan fingerprint density at radius 1 is 1.33 bits per heavy atom. The summed E-state index contributed by atoms with van der Waals surface area (Å²) in [6, 6.07) is 8.11. The highest BCUT2D eigenvalue weighted by atomic mass is 35.5. The molecule has 0 unspecified atom stereocenters. The van der Waals surface area contributed by atoms with Crippen molar-refractivity contribution < 1.29 is 4.42 Å². The first-order valence-electron chi connectivity index (χ1n) is 4.94. The van der Waals surface area contributed by atoms with Crippen LogP contribution < -0.4 is 0 Å². The maximum absolute atomic E-state index is 5.67. The van der Waals surface area contributed by atoms with Gasteiger partial charge in [0, 0.05) is 5.56 Å². The SMILES string of the molecule is CCc1ccccc1-c1ncc(CCl)o1. The highest BCUT2D eigenvalue weighted by Gasteiger charge is 2.08. The topological polar surface area (TPSA) is 26.0 Å². The number of rotatable bonds is 3. The van der Waals surface area contributed by atoms with Crippen LogP contribution >= 0.6 is 11.6 Å². The Bertz CT molecular complexity index is 450. The van der Waals surface area contributed by atoms with Gasteiger partial charge in [0.1, 0.15) is 5.76 Å². The first kappa shape index (κ1) is 10.2. The lowest BCUT2D eigenvalue weighted by Gasteiger charge is -2.02. The number of aromatic nitrogens is 1. The molecule has 2 nitrogen and oxygen atoms in total. The van der Waals surface area contributed by atoms with Gasteiger partial charge in [0.05, 0.1) is 12.1 Å². The molecule has 0 N–H and O–H groups in total. The molecule has 1 aromatic carbocycles. The number of aryl methyl sites for hydroxylation is 1. The van der Waals surface area contributed by atoms with Crippen molar-refractivity contribution in [1.29, 1.82) is 0 Å². The van der Waals surface area contributed by atoms with Crippen LogP contribution in [0, 0.1) is 0 Å². The summed E-state index contributed by atoms with van der Waals surface area (Å²) < 4.78 is 5.52. The summed E-state index contributed by atoms with van der Waals surface area (Å²) in [5.41, 5.74) is 2.29. The minimum atomic E-state index is 0.362. The van der Waals surface area contributed by atoms with Gasteiger partial charge < -0.3 is 4.42 Å². The average Bonchev–Trinajstić information content (AvgIpc) is 2.77. The quantitative estimate of drug-likeness (QED) is 0.740. The van der Waals surface area contributed by atoms with Crippen LogP contribution in [0.15, 0.2) is 34.9 Å². The first-order chi connectivity index (χ1) is 7.35. The minimum absolute atomic E-state index is 0.362. The molecule has 0 saturated carbocycles. The Balaban J connectivity index is 2.44. The van der Waals surface area contributed by atoms with Gasteiger partial charge in [0.2, 0.25) is 5.89 Å². The monoisotopic (exact) mass is 221 g/mol. The zero-order chi connectivity index (χ0) is 10.7. The molecule has 0 aliphatic rings. The molecule has 1 aromatic heterocycles. The second-order valence-electron chi connectivity index (χ2n) is 3.28. The maximum atomic E-state index is 5.67. The Hall–Kier alpha value is -1.28. The molecule has 2 aromatic rings. The summed E-state index contributed by atoms with van der Waals surface area (Å²) in [4.78, 5) is 4.21. The van der Waals surface area contributed by atoms with Crippen molar-refractivity contribution in [3.8, 4) is 11.5 Å². The van der Waals surface area contributed by atoms with Crippen LogP contribution in [0.3, 0.4) is 0 Å². The van der Waals surface area contributed by atoms with Gasteiger partial charge in [-0.2, -0.15) is 0 Å².